The van der Waals surface area contributed by atoms with Gasteiger partial charge in [0, 0.05) is 5.69 Å². The van der Waals surface area contributed by atoms with Crippen molar-refractivity contribution in [2.45, 2.75) is 6.18 Å². The number of thiophene rings is 1. The number of amidine groups is 1. The zero-order chi connectivity index (χ0) is 16.9. The van der Waals surface area contributed by atoms with Crippen molar-refractivity contribution in [3.8, 4) is 0 Å². The van der Waals surface area contributed by atoms with E-state index in [0.29, 0.717) is 4.88 Å². The van der Waals surface area contributed by atoms with Gasteiger partial charge < -0.3 is 15.9 Å². The molecule has 0 aliphatic heterocycles. The lowest BCUT2D eigenvalue weighted by Gasteiger charge is -2.09. The molecular formula is C14H12F3N3O2S. The molecule has 5 nitrogen and oxygen atoms in total. The summed E-state index contributed by atoms with van der Waals surface area (Å²) in [4.78, 5) is 17.1. The minimum atomic E-state index is -4.48. The molecule has 0 spiro atoms. The van der Waals surface area contributed by atoms with Crippen LogP contribution in [0.15, 0.2) is 46.9 Å². The van der Waals surface area contributed by atoms with Crippen molar-refractivity contribution in [3.63, 3.8) is 0 Å². The van der Waals surface area contributed by atoms with Crippen LogP contribution in [-0.4, -0.2) is 18.3 Å². The fourth-order valence-corrected chi connectivity index (χ4v) is 2.22. The second kappa shape index (κ2) is 7.14. The summed E-state index contributed by atoms with van der Waals surface area (Å²) in [6.45, 7) is -0.470. The smallest absolute Gasteiger partial charge is 0.384 e. The topological polar surface area (TPSA) is 76.7 Å². The van der Waals surface area contributed by atoms with E-state index in [4.69, 9.17) is 10.6 Å². The highest BCUT2D eigenvalue weighted by Crippen LogP contribution is 2.30. The van der Waals surface area contributed by atoms with Gasteiger partial charge in [-0.25, -0.2) is 0 Å². The van der Waals surface area contributed by atoms with Gasteiger partial charge in [-0.05, 0) is 29.6 Å². The van der Waals surface area contributed by atoms with E-state index >= 15 is 0 Å². The maximum atomic E-state index is 12.6. The highest BCUT2D eigenvalue weighted by Gasteiger charge is 2.30. The first kappa shape index (κ1) is 16.8. The number of halogens is 3. The van der Waals surface area contributed by atoms with E-state index in [1.807, 2.05) is 0 Å². The van der Waals surface area contributed by atoms with E-state index in [-0.39, 0.29) is 11.5 Å². The number of hydrogen-bond donors (Lipinski definition) is 2. The quantitative estimate of drug-likeness (QED) is 0.498. The molecule has 122 valence electrons. The van der Waals surface area contributed by atoms with Gasteiger partial charge in [0.25, 0.3) is 5.91 Å². The molecule has 3 N–H and O–H groups in total. The fraction of sp³-hybridized carbons (Fsp3) is 0.143. The average Bonchev–Trinajstić information content (AvgIpc) is 3.00. The summed E-state index contributed by atoms with van der Waals surface area (Å²) in [6.07, 6.45) is -4.48. The minimum Gasteiger partial charge on any atom is -0.384 e. The number of oxime groups is 1. The molecule has 1 amide bonds. The van der Waals surface area contributed by atoms with Gasteiger partial charge in [-0.2, -0.15) is 13.2 Å². The van der Waals surface area contributed by atoms with Crippen LogP contribution in [0.5, 0.6) is 0 Å². The summed E-state index contributed by atoms with van der Waals surface area (Å²) in [5.74, 6) is -0.529. The van der Waals surface area contributed by atoms with E-state index in [0.717, 1.165) is 12.1 Å². The van der Waals surface area contributed by atoms with E-state index in [2.05, 4.69) is 10.5 Å². The normalized spacial score (nSPS) is 12.0. The van der Waals surface area contributed by atoms with Crippen LogP contribution in [0.2, 0.25) is 0 Å². The van der Waals surface area contributed by atoms with E-state index in [1.165, 1.54) is 23.5 Å². The van der Waals surface area contributed by atoms with Crippen LogP contribution in [0.25, 0.3) is 0 Å². The summed E-state index contributed by atoms with van der Waals surface area (Å²) in [7, 11) is 0. The van der Waals surface area contributed by atoms with Gasteiger partial charge in [0.15, 0.2) is 12.4 Å². The molecule has 1 heterocycles. The van der Waals surface area contributed by atoms with Gasteiger partial charge in [0.1, 0.15) is 0 Å². The lowest BCUT2D eigenvalue weighted by atomic mass is 10.2. The average molecular weight is 343 g/mol. The Morgan fingerprint density at radius 2 is 2.09 bits per heavy atom. The molecule has 0 atom stereocenters. The van der Waals surface area contributed by atoms with Crippen LogP contribution in [0.4, 0.5) is 18.9 Å². The van der Waals surface area contributed by atoms with Crippen LogP contribution in [-0.2, 0) is 15.8 Å². The SMILES string of the molecule is N/C(=N\OCC(=O)Nc1cccc(C(F)(F)F)c1)c1cccs1. The second-order valence-corrected chi connectivity index (χ2v) is 5.30. The van der Waals surface area contributed by atoms with Crippen molar-refractivity contribution in [3.05, 3.63) is 52.2 Å². The number of carbonyl (C=O) groups is 1. The number of nitrogens with two attached hydrogens (primary N) is 1. The van der Waals surface area contributed by atoms with Crippen molar-refractivity contribution in [1.82, 2.24) is 0 Å². The molecule has 0 saturated heterocycles. The van der Waals surface area contributed by atoms with Crippen LogP contribution in [0.3, 0.4) is 0 Å². The first-order valence-corrected chi connectivity index (χ1v) is 7.20. The maximum Gasteiger partial charge on any atom is 0.416 e. The number of benzene rings is 1. The Bertz CT molecular complexity index is 700. The molecule has 1 aromatic carbocycles. The third-order valence-electron chi connectivity index (χ3n) is 2.61. The predicted octanol–water partition coefficient (Wildman–Crippen LogP) is 3.04. The van der Waals surface area contributed by atoms with Crippen molar-refractivity contribution >= 4 is 28.8 Å². The molecule has 0 fully saturated rings. The Morgan fingerprint density at radius 1 is 1.30 bits per heavy atom. The molecule has 0 aliphatic carbocycles. The molecule has 2 aromatic rings. The number of nitrogens with zero attached hydrogens (tertiary/aromatic N) is 1. The van der Waals surface area contributed by atoms with Gasteiger partial charge in [-0.15, -0.1) is 11.3 Å². The number of anilines is 1. The summed E-state index contributed by atoms with van der Waals surface area (Å²) in [5, 5.41) is 7.66. The standard InChI is InChI=1S/C14H12F3N3O2S/c15-14(16,17)9-3-1-4-10(7-9)19-12(21)8-22-20-13(18)11-5-2-6-23-11/h1-7H,8H2,(H2,18,20)(H,19,21). The van der Waals surface area contributed by atoms with Crippen molar-refractivity contribution < 1.29 is 22.8 Å². The summed E-state index contributed by atoms with van der Waals surface area (Å²) in [6, 6.07) is 7.81. The number of nitrogens with one attached hydrogen (secondary N) is 1. The molecule has 0 saturated carbocycles. The summed E-state index contributed by atoms with van der Waals surface area (Å²) >= 11 is 1.35. The Balaban J connectivity index is 1.89. The Kier molecular flexibility index (Phi) is 5.22. The van der Waals surface area contributed by atoms with Gasteiger partial charge in [-0.3, -0.25) is 4.79 Å². The Labute approximate surface area is 133 Å². The molecule has 23 heavy (non-hydrogen) atoms. The maximum absolute atomic E-state index is 12.6. The van der Waals surface area contributed by atoms with E-state index < -0.39 is 24.3 Å². The van der Waals surface area contributed by atoms with Gasteiger partial charge >= 0.3 is 6.18 Å². The highest BCUT2D eigenvalue weighted by molar-refractivity contribution is 7.12. The molecule has 0 bridgehead atoms. The first-order valence-electron chi connectivity index (χ1n) is 6.32. The first-order chi connectivity index (χ1) is 10.9. The van der Waals surface area contributed by atoms with Crippen LogP contribution >= 0.6 is 11.3 Å². The number of carbonyl (C=O) groups excluding carboxylic acids is 1. The largest absolute Gasteiger partial charge is 0.416 e. The van der Waals surface area contributed by atoms with Crippen molar-refractivity contribution in [2.75, 3.05) is 11.9 Å². The molecule has 9 heteroatoms. The van der Waals surface area contributed by atoms with E-state index in [1.54, 1.807) is 17.5 Å². The number of amides is 1. The van der Waals surface area contributed by atoms with Crippen LogP contribution in [0.1, 0.15) is 10.4 Å². The molecule has 2 rings (SSSR count). The molecule has 0 unspecified atom stereocenters. The molecule has 0 radical (unpaired) electrons. The highest BCUT2D eigenvalue weighted by atomic mass is 32.1. The Morgan fingerprint density at radius 3 is 2.74 bits per heavy atom. The van der Waals surface area contributed by atoms with E-state index in [9.17, 15) is 18.0 Å². The monoisotopic (exact) mass is 343 g/mol. The summed E-state index contributed by atoms with van der Waals surface area (Å²) < 4.78 is 37.7. The Hall–Kier alpha value is -2.55. The number of hydrogen-bond acceptors (Lipinski definition) is 4. The van der Waals surface area contributed by atoms with Gasteiger partial charge in [0.2, 0.25) is 0 Å². The van der Waals surface area contributed by atoms with Crippen LogP contribution in [0, 0.1) is 0 Å². The number of rotatable bonds is 5. The predicted molar refractivity (Wildman–Crippen MR) is 81.1 cm³/mol. The van der Waals surface area contributed by atoms with Crippen molar-refractivity contribution in [1.29, 1.82) is 0 Å². The lowest BCUT2D eigenvalue weighted by Crippen LogP contribution is -2.19. The molecule has 0 aliphatic rings. The zero-order valence-corrected chi connectivity index (χ0v) is 12.4. The summed E-state index contributed by atoms with van der Waals surface area (Å²) in [5.41, 5.74) is 4.79. The fourth-order valence-electron chi connectivity index (χ4n) is 1.60. The second-order valence-electron chi connectivity index (χ2n) is 4.35. The van der Waals surface area contributed by atoms with Crippen LogP contribution < -0.4 is 11.1 Å². The van der Waals surface area contributed by atoms with Gasteiger partial charge in [-0.1, -0.05) is 17.3 Å². The lowest BCUT2D eigenvalue weighted by molar-refractivity contribution is -0.137. The third-order valence-corrected chi connectivity index (χ3v) is 3.50. The molecular weight excluding hydrogens is 331 g/mol. The third kappa shape index (κ3) is 4.99. The van der Waals surface area contributed by atoms with Crippen molar-refractivity contribution in [2.24, 2.45) is 10.9 Å². The minimum absolute atomic E-state index is 0.0173. The number of alkyl halides is 3. The zero-order valence-electron chi connectivity index (χ0n) is 11.6. The molecule has 1 aromatic heterocycles. The van der Waals surface area contributed by atoms with Gasteiger partial charge in [0.05, 0.1) is 10.4 Å².